The van der Waals surface area contributed by atoms with E-state index in [1.807, 2.05) is 13.0 Å². The number of rotatable bonds is 10. The Labute approximate surface area is 159 Å². The van der Waals surface area contributed by atoms with Gasteiger partial charge in [0.25, 0.3) is 0 Å². The number of sulfone groups is 1. The lowest BCUT2D eigenvalue weighted by atomic mass is 10.2. The quantitative estimate of drug-likeness (QED) is 0.369. The molecule has 0 bridgehead atoms. The molecule has 1 rings (SSSR count). The van der Waals surface area contributed by atoms with Gasteiger partial charge in [0.05, 0.1) is 11.3 Å². The largest absolute Gasteiger partial charge is 0.372 e. The number of benzene rings is 1. The van der Waals surface area contributed by atoms with Crippen molar-refractivity contribution in [2.45, 2.75) is 38.9 Å². The first kappa shape index (κ1) is 22.3. The molecule has 1 aromatic carbocycles. The Bertz CT molecular complexity index is 657. The Morgan fingerprint density at radius 3 is 2.35 bits per heavy atom. The Kier molecular flexibility index (Phi) is 8.92. The molecular weight excluding hydrogens is 348 g/mol. The summed E-state index contributed by atoms with van der Waals surface area (Å²) in [6.07, 6.45) is 2.22. The van der Waals surface area contributed by atoms with E-state index in [-0.39, 0.29) is 6.54 Å². The molecule has 0 unspecified atom stereocenters. The normalized spacial score (nSPS) is 12.7. The Morgan fingerprint density at radius 2 is 1.81 bits per heavy atom. The second-order valence-corrected chi connectivity index (χ2v) is 9.57. The summed E-state index contributed by atoms with van der Waals surface area (Å²) in [5.74, 6) is 0.659. The van der Waals surface area contributed by atoms with E-state index in [0.29, 0.717) is 5.96 Å². The van der Waals surface area contributed by atoms with Crippen LogP contribution in [0, 0.1) is 0 Å². The van der Waals surface area contributed by atoms with Gasteiger partial charge in [-0.25, -0.2) is 8.42 Å². The summed E-state index contributed by atoms with van der Waals surface area (Å²) < 4.78 is 22.7. The SMILES string of the molecule is CCNC(=NCC(C)(C)S(C)(=O)=O)NCCCN(CC)c1ccccc1. The zero-order valence-corrected chi connectivity index (χ0v) is 17.6. The zero-order chi connectivity index (χ0) is 19.6. The average molecular weight is 383 g/mol. The van der Waals surface area contributed by atoms with Gasteiger partial charge in [-0.15, -0.1) is 0 Å². The van der Waals surface area contributed by atoms with Crippen molar-refractivity contribution in [3.63, 3.8) is 0 Å². The lowest BCUT2D eigenvalue weighted by Crippen LogP contribution is -2.41. The van der Waals surface area contributed by atoms with Crippen molar-refractivity contribution in [3.05, 3.63) is 30.3 Å². The van der Waals surface area contributed by atoms with E-state index < -0.39 is 14.6 Å². The standard InChI is InChI=1S/C19H34N4O2S/c1-6-20-18(22-16-19(3,4)26(5,24)25)21-14-11-15-23(7-2)17-12-9-8-10-13-17/h8-10,12-13H,6-7,11,14-16H2,1-5H3,(H2,20,21,22). The number of nitrogens with zero attached hydrogens (tertiary/aromatic N) is 2. The Balaban J connectivity index is 2.54. The van der Waals surface area contributed by atoms with Crippen LogP contribution in [0.25, 0.3) is 0 Å². The average Bonchev–Trinajstić information content (AvgIpc) is 2.59. The molecule has 148 valence electrons. The van der Waals surface area contributed by atoms with Gasteiger partial charge in [-0.1, -0.05) is 18.2 Å². The van der Waals surface area contributed by atoms with Crippen molar-refractivity contribution >= 4 is 21.5 Å². The molecule has 2 N–H and O–H groups in total. The number of hydrogen-bond acceptors (Lipinski definition) is 4. The third-order valence-electron chi connectivity index (χ3n) is 4.37. The molecule has 0 fully saturated rings. The molecule has 26 heavy (non-hydrogen) atoms. The van der Waals surface area contributed by atoms with E-state index in [0.717, 1.165) is 32.6 Å². The van der Waals surface area contributed by atoms with Gasteiger partial charge in [-0.2, -0.15) is 0 Å². The van der Waals surface area contributed by atoms with Crippen molar-refractivity contribution in [2.24, 2.45) is 4.99 Å². The molecule has 0 saturated heterocycles. The number of guanidine groups is 1. The summed E-state index contributed by atoms with van der Waals surface area (Å²) in [7, 11) is -3.15. The van der Waals surface area contributed by atoms with Crippen LogP contribution in [0.3, 0.4) is 0 Å². The van der Waals surface area contributed by atoms with E-state index in [1.165, 1.54) is 11.9 Å². The monoisotopic (exact) mass is 382 g/mol. The highest BCUT2D eigenvalue weighted by Crippen LogP contribution is 2.15. The minimum absolute atomic E-state index is 0.228. The van der Waals surface area contributed by atoms with Gasteiger partial charge < -0.3 is 15.5 Å². The fraction of sp³-hybridized carbons (Fsp3) is 0.632. The van der Waals surface area contributed by atoms with E-state index in [1.54, 1.807) is 13.8 Å². The molecular formula is C19H34N4O2S. The number of nitrogens with one attached hydrogen (secondary N) is 2. The number of para-hydroxylation sites is 1. The lowest BCUT2D eigenvalue weighted by Gasteiger charge is -2.23. The van der Waals surface area contributed by atoms with Gasteiger partial charge in [0.2, 0.25) is 0 Å². The van der Waals surface area contributed by atoms with Crippen LogP contribution in [0.4, 0.5) is 5.69 Å². The third kappa shape index (κ3) is 7.23. The fourth-order valence-corrected chi connectivity index (χ4v) is 2.61. The number of anilines is 1. The molecule has 0 aliphatic rings. The Hall–Kier alpha value is -1.76. The molecule has 0 aliphatic heterocycles. The van der Waals surface area contributed by atoms with Gasteiger partial charge in [-0.05, 0) is 46.2 Å². The molecule has 0 saturated carbocycles. The van der Waals surface area contributed by atoms with Crippen LogP contribution < -0.4 is 15.5 Å². The fourth-order valence-electron chi connectivity index (χ4n) is 2.31. The van der Waals surface area contributed by atoms with Gasteiger partial charge in [-0.3, -0.25) is 4.99 Å². The van der Waals surface area contributed by atoms with Gasteiger partial charge in [0.1, 0.15) is 0 Å². The molecule has 1 aromatic rings. The zero-order valence-electron chi connectivity index (χ0n) is 16.7. The van der Waals surface area contributed by atoms with Crippen LogP contribution in [0.15, 0.2) is 35.3 Å². The van der Waals surface area contributed by atoms with Crippen LogP contribution in [0.5, 0.6) is 0 Å². The topological polar surface area (TPSA) is 73.8 Å². The molecule has 0 heterocycles. The first-order valence-electron chi connectivity index (χ1n) is 9.23. The molecule has 0 radical (unpaired) electrons. The number of hydrogen-bond donors (Lipinski definition) is 2. The van der Waals surface area contributed by atoms with E-state index in [2.05, 4.69) is 51.7 Å². The predicted octanol–water partition coefficient (Wildman–Crippen LogP) is 2.28. The first-order valence-corrected chi connectivity index (χ1v) is 11.1. The molecule has 0 spiro atoms. The second-order valence-electron chi connectivity index (χ2n) is 6.92. The van der Waals surface area contributed by atoms with Crippen molar-refractivity contribution in [2.75, 3.05) is 43.9 Å². The van der Waals surface area contributed by atoms with Gasteiger partial charge in [0, 0.05) is 38.1 Å². The number of aliphatic imine (C=N–C) groups is 1. The second kappa shape index (κ2) is 10.4. The lowest BCUT2D eigenvalue weighted by molar-refractivity contribution is 0.554. The molecule has 0 amide bonds. The minimum Gasteiger partial charge on any atom is -0.372 e. The summed E-state index contributed by atoms with van der Waals surface area (Å²) in [5.41, 5.74) is 1.23. The van der Waals surface area contributed by atoms with Crippen molar-refractivity contribution in [3.8, 4) is 0 Å². The maximum absolute atomic E-state index is 11.8. The van der Waals surface area contributed by atoms with Gasteiger partial charge >= 0.3 is 0 Å². The summed E-state index contributed by atoms with van der Waals surface area (Å²) in [6, 6.07) is 10.4. The summed E-state index contributed by atoms with van der Waals surface area (Å²) in [4.78, 5) is 6.78. The summed E-state index contributed by atoms with van der Waals surface area (Å²) >= 11 is 0. The maximum Gasteiger partial charge on any atom is 0.191 e. The first-order chi connectivity index (χ1) is 12.2. The summed E-state index contributed by atoms with van der Waals surface area (Å²) in [5, 5.41) is 6.46. The van der Waals surface area contributed by atoms with Gasteiger partial charge in [0.15, 0.2) is 15.8 Å². The van der Waals surface area contributed by atoms with E-state index in [4.69, 9.17) is 0 Å². The maximum atomic E-state index is 11.8. The third-order valence-corrected chi connectivity index (χ3v) is 6.50. The highest BCUT2D eigenvalue weighted by atomic mass is 32.2. The minimum atomic E-state index is -3.15. The highest BCUT2D eigenvalue weighted by Gasteiger charge is 2.29. The van der Waals surface area contributed by atoms with Crippen molar-refractivity contribution in [1.29, 1.82) is 0 Å². The Morgan fingerprint density at radius 1 is 1.15 bits per heavy atom. The molecule has 0 aromatic heterocycles. The van der Waals surface area contributed by atoms with E-state index >= 15 is 0 Å². The molecule has 7 heteroatoms. The van der Waals surface area contributed by atoms with Crippen molar-refractivity contribution < 1.29 is 8.42 Å². The van der Waals surface area contributed by atoms with Crippen LogP contribution in [0.2, 0.25) is 0 Å². The van der Waals surface area contributed by atoms with E-state index in [9.17, 15) is 8.42 Å². The molecule has 0 aliphatic carbocycles. The van der Waals surface area contributed by atoms with Crippen molar-refractivity contribution in [1.82, 2.24) is 10.6 Å². The highest BCUT2D eigenvalue weighted by molar-refractivity contribution is 7.92. The molecule has 6 nitrogen and oxygen atoms in total. The van der Waals surface area contributed by atoms with Crippen LogP contribution >= 0.6 is 0 Å². The molecule has 0 atom stereocenters. The van der Waals surface area contributed by atoms with Crippen LogP contribution in [-0.4, -0.2) is 58.1 Å². The summed E-state index contributed by atoms with van der Waals surface area (Å²) in [6.45, 7) is 11.2. The smallest absolute Gasteiger partial charge is 0.191 e. The van der Waals surface area contributed by atoms with Crippen LogP contribution in [-0.2, 0) is 9.84 Å². The predicted molar refractivity (Wildman–Crippen MR) is 112 cm³/mol. The van der Waals surface area contributed by atoms with Crippen LogP contribution in [0.1, 0.15) is 34.1 Å².